The third-order valence-corrected chi connectivity index (χ3v) is 7.15. The molecule has 0 saturated heterocycles. The summed E-state index contributed by atoms with van der Waals surface area (Å²) < 4.78 is 10.9. The van der Waals surface area contributed by atoms with Gasteiger partial charge in [0.05, 0.1) is 13.2 Å². The normalized spacial score (nSPS) is 11.7. The fraction of sp³-hybridized carbons (Fsp3) is 0.933. The first-order valence-electron chi connectivity index (χ1n) is 14.8. The van der Waals surface area contributed by atoms with Gasteiger partial charge in [-0.1, -0.05) is 131 Å². The highest BCUT2D eigenvalue weighted by Crippen LogP contribution is 2.30. The van der Waals surface area contributed by atoms with Crippen LogP contribution in [-0.4, -0.2) is 25.2 Å². The summed E-state index contributed by atoms with van der Waals surface area (Å²) in [6.07, 6.45) is 22.7. The smallest absolute Gasteiger partial charge is 0.323 e. The van der Waals surface area contributed by atoms with Crippen molar-refractivity contribution in [3.05, 3.63) is 0 Å². The van der Waals surface area contributed by atoms with Gasteiger partial charge >= 0.3 is 11.9 Å². The molecule has 0 heterocycles. The second kappa shape index (κ2) is 22.4. The van der Waals surface area contributed by atoms with E-state index in [0.29, 0.717) is 32.0 Å². The molecule has 0 N–H and O–H groups in total. The predicted molar refractivity (Wildman–Crippen MR) is 144 cm³/mol. The summed E-state index contributed by atoms with van der Waals surface area (Å²) in [6, 6.07) is 0. The second-order valence-corrected chi connectivity index (χ2v) is 10.5. The number of ether oxygens (including phenoxy) is 2. The van der Waals surface area contributed by atoms with E-state index < -0.39 is 17.4 Å². The fourth-order valence-electron chi connectivity index (χ4n) is 4.39. The van der Waals surface area contributed by atoms with Gasteiger partial charge in [0.2, 0.25) is 0 Å². The lowest BCUT2D eigenvalue weighted by Gasteiger charge is -2.27. The number of hydrogen-bond acceptors (Lipinski definition) is 4. The standard InChI is InChI=1S/C30H58O4/c1-6-9-10-11-12-13-14-15-16-17-18-19-20-21-22-23-25-33-28(31)30(7-2,8-3)29(32)34-26-24-27(4)5/h27H,6-26H2,1-5H3. The zero-order valence-corrected chi connectivity index (χ0v) is 23.6. The summed E-state index contributed by atoms with van der Waals surface area (Å²) in [5.74, 6) is -0.365. The van der Waals surface area contributed by atoms with E-state index in [0.717, 1.165) is 19.3 Å². The largest absolute Gasteiger partial charge is 0.465 e. The Kier molecular flexibility index (Phi) is 21.7. The molecular formula is C30H58O4. The van der Waals surface area contributed by atoms with Crippen LogP contribution >= 0.6 is 0 Å². The van der Waals surface area contributed by atoms with Gasteiger partial charge in [-0.15, -0.1) is 0 Å². The maximum Gasteiger partial charge on any atom is 0.323 e. The highest BCUT2D eigenvalue weighted by atomic mass is 16.6. The number of hydrogen-bond donors (Lipinski definition) is 0. The molecule has 4 nitrogen and oxygen atoms in total. The molecule has 0 spiro atoms. The van der Waals surface area contributed by atoms with Crippen molar-refractivity contribution in [2.24, 2.45) is 11.3 Å². The first kappa shape index (κ1) is 32.9. The van der Waals surface area contributed by atoms with E-state index >= 15 is 0 Å². The van der Waals surface area contributed by atoms with E-state index in [2.05, 4.69) is 20.8 Å². The first-order chi connectivity index (χ1) is 16.4. The Labute approximate surface area is 212 Å². The van der Waals surface area contributed by atoms with Gasteiger partial charge < -0.3 is 9.47 Å². The van der Waals surface area contributed by atoms with E-state index in [1.54, 1.807) is 0 Å². The molecule has 0 aromatic heterocycles. The van der Waals surface area contributed by atoms with E-state index in [4.69, 9.17) is 9.47 Å². The molecule has 0 bridgehead atoms. The Morgan fingerprint density at radius 3 is 1.26 bits per heavy atom. The number of unbranched alkanes of at least 4 members (excludes halogenated alkanes) is 15. The van der Waals surface area contributed by atoms with Crippen LogP contribution in [0.2, 0.25) is 0 Å². The second-order valence-electron chi connectivity index (χ2n) is 10.5. The van der Waals surface area contributed by atoms with Gasteiger partial charge in [0, 0.05) is 0 Å². The average Bonchev–Trinajstić information content (AvgIpc) is 2.82. The minimum atomic E-state index is -1.15. The van der Waals surface area contributed by atoms with Crippen LogP contribution in [0.3, 0.4) is 0 Å². The Bertz CT molecular complexity index is 482. The quantitative estimate of drug-likeness (QED) is 0.0781. The van der Waals surface area contributed by atoms with Crippen molar-refractivity contribution in [3.8, 4) is 0 Å². The summed E-state index contributed by atoms with van der Waals surface area (Å²) in [7, 11) is 0. The van der Waals surface area contributed by atoms with Gasteiger partial charge in [0.25, 0.3) is 0 Å². The summed E-state index contributed by atoms with van der Waals surface area (Å²) in [6.45, 7) is 11.0. The maximum absolute atomic E-state index is 12.7. The van der Waals surface area contributed by atoms with Crippen LogP contribution in [0, 0.1) is 11.3 Å². The molecule has 0 fully saturated rings. The Hall–Kier alpha value is -1.06. The van der Waals surface area contributed by atoms with Gasteiger partial charge in [-0.2, -0.15) is 0 Å². The summed E-state index contributed by atoms with van der Waals surface area (Å²) >= 11 is 0. The highest BCUT2D eigenvalue weighted by Gasteiger charge is 2.45. The molecular weight excluding hydrogens is 424 g/mol. The minimum Gasteiger partial charge on any atom is -0.465 e. The molecule has 0 saturated carbocycles. The lowest BCUT2D eigenvalue weighted by molar-refractivity contribution is -0.173. The van der Waals surface area contributed by atoms with E-state index in [1.165, 1.54) is 89.9 Å². The first-order valence-corrected chi connectivity index (χ1v) is 14.8. The molecule has 0 aromatic carbocycles. The van der Waals surface area contributed by atoms with Gasteiger partial charge in [-0.3, -0.25) is 9.59 Å². The SMILES string of the molecule is CCCCCCCCCCCCCCCCCCOC(=O)C(CC)(CC)C(=O)OCCC(C)C. The van der Waals surface area contributed by atoms with Crippen molar-refractivity contribution in [2.75, 3.05) is 13.2 Å². The molecule has 0 unspecified atom stereocenters. The van der Waals surface area contributed by atoms with Crippen molar-refractivity contribution in [3.63, 3.8) is 0 Å². The molecule has 34 heavy (non-hydrogen) atoms. The van der Waals surface area contributed by atoms with Gasteiger partial charge in [-0.25, -0.2) is 0 Å². The van der Waals surface area contributed by atoms with E-state index in [9.17, 15) is 9.59 Å². The monoisotopic (exact) mass is 482 g/mol. The topological polar surface area (TPSA) is 52.6 Å². The molecule has 4 heteroatoms. The highest BCUT2D eigenvalue weighted by molar-refractivity contribution is 5.99. The molecule has 0 aliphatic carbocycles. The predicted octanol–water partition coefficient (Wildman–Crippen LogP) is 9.19. The molecule has 0 amide bonds. The van der Waals surface area contributed by atoms with Crippen molar-refractivity contribution >= 4 is 11.9 Å². The zero-order valence-electron chi connectivity index (χ0n) is 23.6. The summed E-state index contributed by atoms with van der Waals surface area (Å²) in [5.41, 5.74) is -1.15. The molecule has 0 aliphatic heterocycles. The molecule has 0 atom stereocenters. The van der Waals surface area contributed by atoms with Crippen LogP contribution in [0.15, 0.2) is 0 Å². The lowest BCUT2D eigenvalue weighted by atomic mass is 9.82. The fourth-order valence-corrected chi connectivity index (χ4v) is 4.39. The zero-order chi connectivity index (χ0) is 25.5. The van der Waals surface area contributed by atoms with Gasteiger partial charge in [-0.05, 0) is 31.6 Å². The minimum absolute atomic E-state index is 0.366. The van der Waals surface area contributed by atoms with Gasteiger partial charge in [0.1, 0.15) is 0 Å². The molecule has 0 aromatic rings. The van der Waals surface area contributed by atoms with Crippen LogP contribution in [-0.2, 0) is 19.1 Å². The number of carbonyl (C=O) groups is 2. The third-order valence-electron chi connectivity index (χ3n) is 7.15. The summed E-state index contributed by atoms with van der Waals surface area (Å²) in [4.78, 5) is 25.3. The molecule has 0 radical (unpaired) electrons. The van der Waals surface area contributed by atoms with Crippen molar-refractivity contribution < 1.29 is 19.1 Å². The molecule has 0 rings (SSSR count). The molecule has 202 valence electrons. The van der Waals surface area contributed by atoms with Crippen molar-refractivity contribution in [2.45, 2.75) is 157 Å². The van der Waals surface area contributed by atoms with Crippen LogP contribution in [0.25, 0.3) is 0 Å². The third kappa shape index (κ3) is 15.8. The summed E-state index contributed by atoms with van der Waals surface area (Å²) in [5, 5.41) is 0. The number of carbonyl (C=O) groups excluding carboxylic acids is 2. The van der Waals surface area contributed by atoms with Gasteiger partial charge in [0.15, 0.2) is 5.41 Å². The number of rotatable bonds is 24. The van der Waals surface area contributed by atoms with Crippen LogP contribution in [0.5, 0.6) is 0 Å². The Balaban J connectivity index is 3.74. The molecule has 0 aliphatic rings. The van der Waals surface area contributed by atoms with Crippen LogP contribution < -0.4 is 0 Å². The van der Waals surface area contributed by atoms with Crippen LogP contribution in [0.4, 0.5) is 0 Å². The van der Waals surface area contributed by atoms with Crippen molar-refractivity contribution in [1.29, 1.82) is 0 Å². The average molecular weight is 483 g/mol. The maximum atomic E-state index is 12.7. The Morgan fingerprint density at radius 1 is 0.559 bits per heavy atom. The van der Waals surface area contributed by atoms with Crippen molar-refractivity contribution in [1.82, 2.24) is 0 Å². The van der Waals surface area contributed by atoms with E-state index in [-0.39, 0.29) is 0 Å². The number of esters is 2. The van der Waals surface area contributed by atoms with Crippen LogP contribution in [0.1, 0.15) is 157 Å². The lowest BCUT2D eigenvalue weighted by Crippen LogP contribution is -2.41. The Morgan fingerprint density at radius 2 is 0.912 bits per heavy atom. The van der Waals surface area contributed by atoms with E-state index in [1.807, 2.05) is 13.8 Å².